The van der Waals surface area contributed by atoms with E-state index < -0.39 is 0 Å². The predicted molar refractivity (Wildman–Crippen MR) is 132 cm³/mol. The summed E-state index contributed by atoms with van der Waals surface area (Å²) in [6.45, 7) is 0.695. The van der Waals surface area contributed by atoms with Crippen LogP contribution in [0.2, 0.25) is 0 Å². The van der Waals surface area contributed by atoms with Gasteiger partial charge in [0.05, 0.1) is 17.8 Å². The van der Waals surface area contributed by atoms with Gasteiger partial charge in [0.25, 0.3) is 0 Å². The fourth-order valence-corrected chi connectivity index (χ4v) is 4.21. The first kappa shape index (κ1) is 20.2. The lowest BCUT2D eigenvalue weighted by atomic mass is 10.1. The summed E-state index contributed by atoms with van der Waals surface area (Å²) in [6.07, 6.45) is 2.30. The van der Waals surface area contributed by atoms with Crippen LogP contribution in [0.15, 0.2) is 78.9 Å². The van der Waals surface area contributed by atoms with Gasteiger partial charge in [-0.25, -0.2) is 9.48 Å². The Bertz CT molecular complexity index is 1450. The average Bonchev–Trinajstić information content (AvgIpc) is 3.50. The van der Waals surface area contributed by atoms with E-state index in [1.165, 1.54) is 11.3 Å². The third-order valence-electron chi connectivity index (χ3n) is 6.01. The van der Waals surface area contributed by atoms with Crippen molar-refractivity contribution in [1.82, 2.24) is 25.2 Å². The SMILES string of the molecule is O=C(Nc1ccccc1)Nc1n[nH]c2ccc(-c3nnn(Cc4ccccc4)c3C3CC3)cc12. The van der Waals surface area contributed by atoms with E-state index in [4.69, 9.17) is 0 Å². The van der Waals surface area contributed by atoms with E-state index in [2.05, 4.69) is 43.3 Å². The van der Waals surface area contributed by atoms with Crippen LogP contribution in [0, 0.1) is 0 Å². The van der Waals surface area contributed by atoms with Crippen molar-refractivity contribution in [3.63, 3.8) is 0 Å². The molecule has 5 aromatic rings. The molecule has 34 heavy (non-hydrogen) atoms. The van der Waals surface area contributed by atoms with Gasteiger partial charge in [-0.3, -0.25) is 10.4 Å². The number of anilines is 2. The first-order valence-corrected chi connectivity index (χ1v) is 11.3. The summed E-state index contributed by atoms with van der Waals surface area (Å²) in [5, 5.41) is 22.8. The molecule has 0 saturated heterocycles. The maximum Gasteiger partial charge on any atom is 0.324 e. The van der Waals surface area contributed by atoms with Crippen LogP contribution >= 0.6 is 0 Å². The molecule has 1 saturated carbocycles. The van der Waals surface area contributed by atoms with E-state index in [-0.39, 0.29) is 6.03 Å². The molecule has 8 nitrogen and oxygen atoms in total. The normalized spacial score (nSPS) is 13.2. The number of nitrogens with one attached hydrogen (secondary N) is 3. The van der Waals surface area contributed by atoms with Gasteiger partial charge in [-0.2, -0.15) is 5.10 Å². The quantitative estimate of drug-likeness (QED) is 0.323. The van der Waals surface area contributed by atoms with Crippen molar-refractivity contribution in [2.24, 2.45) is 0 Å². The molecule has 0 radical (unpaired) electrons. The number of nitrogens with zero attached hydrogens (tertiary/aromatic N) is 4. The van der Waals surface area contributed by atoms with Gasteiger partial charge in [-0.1, -0.05) is 59.8 Å². The molecule has 8 heteroatoms. The Balaban J connectivity index is 1.30. The number of aromatic nitrogens is 5. The van der Waals surface area contributed by atoms with Crippen LogP contribution in [0.4, 0.5) is 16.3 Å². The maximum absolute atomic E-state index is 12.5. The molecule has 1 aliphatic carbocycles. The smallest absolute Gasteiger partial charge is 0.308 e. The molecule has 0 atom stereocenters. The highest BCUT2D eigenvalue weighted by Gasteiger charge is 2.32. The topological polar surface area (TPSA) is 101 Å². The minimum absolute atomic E-state index is 0.350. The van der Waals surface area contributed by atoms with Crippen LogP contribution in [0.25, 0.3) is 22.2 Å². The van der Waals surface area contributed by atoms with Gasteiger partial charge >= 0.3 is 6.03 Å². The van der Waals surface area contributed by atoms with E-state index >= 15 is 0 Å². The Hall–Kier alpha value is -4.46. The lowest BCUT2D eigenvalue weighted by molar-refractivity contribution is 0.262. The van der Waals surface area contributed by atoms with Gasteiger partial charge in [0.1, 0.15) is 5.69 Å². The number of hydrogen-bond donors (Lipinski definition) is 3. The standard InChI is InChI=1S/C26H23N7O/c34-26(27-20-9-5-2-6-10-20)28-25-21-15-19(13-14-22(21)29-31-25)23-24(18-11-12-18)33(32-30-23)16-17-7-3-1-4-8-17/h1-10,13-15,18H,11-12,16H2,(H3,27,28,29,31,34). The van der Waals surface area contributed by atoms with Crippen LogP contribution in [0.1, 0.15) is 30.0 Å². The number of benzene rings is 3. The number of carbonyl (C=O) groups is 1. The molecule has 2 amide bonds. The molecule has 1 fully saturated rings. The highest BCUT2D eigenvalue weighted by atomic mass is 16.2. The molecule has 0 bridgehead atoms. The number of para-hydroxylation sites is 1. The summed E-state index contributed by atoms with van der Waals surface area (Å²) in [7, 11) is 0. The van der Waals surface area contributed by atoms with Crippen molar-refractivity contribution in [2.75, 3.05) is 10.6 Å². The Labute approximate surface area is 196 Å². The third-order valence-corrected chi connectivity index (χ3v) is 6.01. The number of hydrogen-bond acceptors (Lipinski definition) is 4. The predicted octanol–water partition coefficient (Wildman–Crippen LogP) is 5.39. The van der Waals surface area contributed by atoms with Crippen molar-refractivity contribution in [2.45, 2.75) is 25.3 Å². The number of fused-ring (bicyclic) bond motifs is 1. The van der Waals surface area contributed by atoms with Crippen molar-refractivity contribution in [3.8, 4) is 11.3 Å². The second kappa shape index (κ2) is 8.47. The van der Waals surface area contributed by atoms with Crippen LogP contribution in [-0.4, -0.2) is 31.2 Å². The molecule has 168 valence electrons. The summed E-state index contributed by atoms with van der Waals surface area (Å²) >= 11 is 0. The van der Waals surface area contributed by atoms with E-state index in [1.54, 1.807) is 0 Å². The molecule has 6 rings (SSSR count). The number of aromatic amines is 1. The monoisotopic (exact) mass is 449 g/mol. The Morgan fingerprint density at radius 2 is 1.74 bits per heavy atom. The molecule has 0 spiro atoms. The highest BCUT2D eigenvalue weighted by molar-refractivity contribution is 6.05. The number of amides is 2. The second-order valence-corrected chi connectivity index (χ2v) is 8.52. The molecule has 2 aromatic heterocycles. The van der Waals surface area contributed by atoms with Crippen LogP contribution in [0.3, 0.4) is 0 Å². The first-order chi connectivity index (χ1) is 16.7. The largest absolute Gasteiger partial charge is 0.324 e. The number of H-pyrrole nitrogens is 1. The summed E-state index contributed by atoms with van der Waals surface area (Å²) < 4.78 is 2.02. The molecule has 3 N–H and O–H groups in total. The summed E-state index contributed by atoms with van der Waals surface area (Å²) in [5.41, 5.74) is 5.76. The molecular formula is C26H23N7O. The van der Waals surface area contributed by atoms with Crippen molar-refractivity contribution < 1.29 is 4.79 Å². The fraction of sp³-hybridized carbons (Fsp3) is 0.154. The zero-order valence-electron chi connectivity index (χ0n) is 18.4. The van der Waals surface area contributed by atoms with E-state index in [0.717, 1.165) is 35.0 Å². The number of urea groups is 1. The molecule has 0 aliphatic heterocycles. The van der Waals surface area contributed by atoms with Crippen molar-refractivity contribution in [3.05, 3.63) is 90.1 Å². The van der Waals surface area contributed by atoms with Crippen molar-refractivity contribution >= 4 is 28.4 Å². The Morgan fingerprint density at radius 1 is 0.971 bits per heavy atom. The lowest BCUT2D eigenvalue weighted by Crippen LogP contribution is -2.19. The number of carbonyl (C=O) groups excluding carboxylic acids is 1. The molecule has 3 aromatic carbocycles. The first-order valence-electron chi connectivity index (χ1n) is 11.3. The second-order valence-electron chi connectivity index (χ2n) is 8.52. The average molecular weight is 450 g/mol. The van der Waals surface area contributed by atoms with Gasteiger partial charge in [-0.05, 0) is 42.7 Å². The zero-order valence-corrected chi connectivity index (χ0v) is 18.4. The van der Waals surface area contributed by atoms with Crippen LogP contribution < -0.4 is 10.6 Å². The third kappa shape index (κ3) is 4.01. The van der Waals surface area contributed by atoms with Gasteiger partial charge in [0, 0.05) is 22.6 Å². The van der Waals surface area contributed by atoms with Gasteiger partial charge in [0.2, 0.25) is 0 Å². The summed E-state index contributed by atoms with van der Waals surface area (Å²) in [5.74, 6) is 0.943. The maximum atomic E-state index is 12.5. The Kier molecular flexibility index (Phi) is 5.03. The van der Waals surface area contributed by atoms with Gasteiger partial charge < -0.3 is 5.32 Å². The van der Waals surface area contributed by atoms with Crippen LogP contribution in [0.5, 0.6) is 0 Å². The van der Waals surface area contributed by atoms with Gasteiger partial charge in [-0.15, -0.1) is 5.10 Å². The number of rotatable bonds is 6. The van der Waals surface area contributed by atoms with E-state index in [0.29, 0.717) is 24.0 Å². The lowest BCUT2D eigenvalue weighted by Gasteiger charge is -2.08. The minimum Gasteiger partial charge on any atom is -0.308 e. The molecule has 1 aliphatic rings. The zero-order chi connectivity index (χ0) is 22.9. The van der Waals surface area contributed by atoms with Crippen LogP contribution in [-0.2, 0) is 6.54 Å². The highest BCUT2D eigenvalue weighted by Crippen LogP contribution is 2.44. The van der Waals surface area contributed by atoms with E-state index in [9.17, 15) is 4.79 Å². The summed E-state index contributed by atoms with van der Waals surface area (Å²) in [4.78, 5) is 12.5. The van der Waals surface area contributed by atoms with Gasteiger partial charge in [0.15, 0.2) is 5.82 Å². The van der Waals surface area contributed by atoms with Crippen molar-refractivity contribution in [1.29, 1.82) is 0 Å². The summed E-state index contributed by atoms with van der Waals surface area (Å²) in [6, 6.07) is 25.3. The Morgan fingerprint density at radius 3 is 2.50 bits per heavy atom. The molecule has 2 heterocycles. The van der Waals surface area contributed by atoms with E-state index in [1.807, 2.05) is 71.4 Å². The molecular weight excluding hydrogens is 426 g/mol. The fourth-order valence-electron chi connectivity index (χ4n) is 4.21. The molecule has 0 unspecified atom stereocenters. The minimum atomic E-state index is -0.350.